The predicted octanol–water partition coefficient (Wildman–Crippen LogP) is 4.50. The Balaban J connectivity index is 1.82. The lowest BCUT2D eigenvalue weighted by Gasteiger charge is -2.32. The Bertz CT molecular complexity index is 1520. The van der Waals surface area contributed by atoms with Crippen LogP contribution < -0.4 is 11.0 Å². The Hall–Kier alpha value is -2.89. The van der Waals surface area contributed by atoms with Gasteiger partial charge in [0.05, 0.1) is 22.2 Å². The molecule has 5 aromatic rings. The molecule has 1 aliphatic rings. The van der Waals surface area contributed by atoms with Gasteiger partial charge in [-0.3, -0.25) is 9.20 Å². The van der Waals surface area contributed by atoms with Gasteiger partial charge in [0, 0.05) is 21.5 Å². The maximum absolute atomic E-state index is 13.5. The van der Waals surface area contributed by atoms with Crippen LogP contribution in [0.2, 0.25) is 0 Å². The van der Waals surface area contributed by atoms with Crippen LogP contribution in [0.4, 0.5) is 0 Å². The van der Waals surface area contributed by atoms with Crippen LogP contribution in [-0.2, 0) is 9.31 Å². The maximum atomic E-state index is 13.5. The van der Waals surface area contributed by atoms with E-state index in [9.17, 15) is 4.79 Å². The molecule has 0 amide bonds. The molecular formula is C25H22BNO3. The summed E-state index contributed by atoms with van der Waals surface area (Å²) in [7, 11) is -0.498. The highest BCUT2D eigenvalue weighted by Gasteiger charge is 2.52. The molecule has 0 aliphatic carbocycles. The Morgan fingerprint density at radius 2 is 1.33 bits per heavy atom. The minimum atomic E-state index is -0.498. The number of nitrogens with zero attached hydrogens (tertiary/aromatic N) is 1. The van der Waals surface area contributed by atoms with Gasteiger partial charge in [-0.2, -0.15) is 0 Å². The molecule has 1 aliphatic heterocycles. The summed E-state index contributed by atoms with van der Waals surface area (Å²) in [6.07, 6.45) is 0. The Kier molecular flexibility index (Phi) is 3.36. The van der Waals surface area contributed by atoms with Crippen LogP contribution in [0.3, 0.4) is 0 Å². The number of aromatic nitrogens is 1. The number of pyridine rings is 1. The van der Waals surface area contributed by atoms with E-state index in [0.29, 0.717) is 5.39 Å². The van der Waals surface area contributed by atoms with E-state index in [1.165, 1.54) is 0 Å². The normalized spacial score (nSPS) is 18.3. The van der Waals surface area contributed by atoms with E-state index >= 15 is 0 Å². The van der Waals surface area contributed by atoms with Crippen molar-refractivity contribution in [3.8, 4) is 0 Å². The molecule has 3 heterocycles. The van der Waals surface area contributed by atoms with Gasteiger partial charge in [0.1, 0.15) is 0 Å². The van der Waals surface area contributed by atoms with E-state index in [-0.39, 0.29) is 5.56 Å². The van der Waals surface area contributed by atoms with Crippen molar-refractivity contribution in [3.05, 3.63) is 71.0 Å². The largest absolute Gasteiger partial charge is 0.495 e. The summed E-state index contributed by atoms with van der Waals surface area (Å²) in [5.74, 6) is 0. The highest BCUT2D eigenvalue weighted by atomic mass is 16.7. The number of rotatable bonds is 1. The fraction of sp³-hybridized carbons (Fsp3) is 0.240. The fourth-order valence-electron chi connectivity index (χ4n) is 4.74. The molecule has 0 spiro atoms. The van der Waals surface area contributed by atoms with Gasteiger partial charge >= 0.3 is 7.12 Å². The summed E-state index contributed by atoms with van der Waals surface area (Å²) in [5, 5.41) is 4.82. The number of hydrogen-bond acceptors (Lipinski definition) is 3. The van der Waals surface area contributed by atoms with Crippen LogP contribution in [0.15, 0.2) is 65.5 Å². The van der Waals surface area contributed by atoms with Gasteiger partial charge in [-0.15, -0.1) is 0 Å². The third-order valence-electron chi connectivity index (χ3n) is 7.01. The van der Waals surface area contributed by atoms with E-state index in [1.807, 2.05) is 46.9 Å². The molecule has 0 radical (unpaired) electrons. The second-order valence-electron chi connectivity index (χ2n) is 9.22. The molecule has 2 aromatic heterocycles. The summed E-state index contributed by atoms with van der Waals surface area (Å²) < 4.78 is 14.7. The third kappa shape index (κ3) is 2.11. The van der Waals surface area contributed by atoms with Crippen LogP contribution >= 0.6 is 0 Å². The zero-order chi connectivity index (χ0) is 20.8. The van der Waals surface area contributed by atoms with Crippen molar-refractivity contribution in [1.82, 2.24) is 4.40 Å². The molecule has 4 nitrogen and oxygen atoms in total. The predicted molar refractivity (Wildman–Crippen MR) is 123 cm³/mol. The first-order valence-corrected chi connectivity index (χ1v) is 10.4. The lowest BCUT2D eigenvalue weighted by molar-refractivity contribution is 0.00578. The molecular weight excluding hydrogens is 373 g/mol. The average Bonchev–Trinajstić information content (AvgIpc) is 3.17. The van der Waals surface area contributed by atoms with E-state index in [4.69, 9.17) is 9.31 Å². The number of para-hydroxylation sites is 1. The first-order valence-electron chi connectivity index (χ1n) is 10.4. The Morgan fingerprint density at radius 1 is 0.733 bits per heavy atom. The molecule has 0 N–H and O–H groups in total. The molecule has 0 bridgehead atoms. The van der Waals surface area contributed by atoms with E-state index in [1.54, 1.807) is 0 Å². The number of fused-ring (bicyclic) bond motifs is 5. The topological polar surface area (TPSA) is 39.9 Å². The molecule has 1 saturated heterocycles. The highest BCUT2D eigenvalue weighted by molar-refractivity contribution is 6.66. The van der Waals surface area contributed by atoms with Crippen LogP contribution in [-0.4, -0.2) is 22.7 Å². The second-order valence-corrected chi connectivity index (χ2v) is 9.22. The van der Waals surface area contributed by atoms with Crippen molar-refractivity contribution in [3.63, 3.8) is 0 Å². The first kappa shape index (κ1) is 17.9. The van der Waals surface area contributed by atoms with Crippen LogP contribution in [0.1, 0.15) is 27.7 Å². The zero-order valence-corrected chi connectivity index (χ0v) is 17.5. The fourth-order valence-corrected chi connectivity index (χ4v) is 4.74. The van der Waals surface area contributed by atoms with E-state index in [0.717, 1.165) is 38.0 Å². The molecule has 148 valence electrons. The summed E-state index contributed by atoms with van der Waals surface area (Å²) in [6, 6.07) is 20.1. The maximum Gasteiger partial charge on any atom is 0.495 e. The molecule has 1 fully saturated rings. The molecule has 5 heteroatoms. The standard InChI is InChI=1S/C25H22BNO3/c1-24(2)25(3,4)30-26(29-24)19-14-13-17-15-9-7-8-12-20(15)27-22(17)21(19)16-10-5-6-11-18(16)23(27)28/h5-14H,1-4H3. The molecule has 3 aromatic carbocycles. The van der Waals surface area contributed by atoms with Crippen LogP contribution in [0, 0.1) is 0 Å². The molecule has 0 atom stereocenters. The van der Waals surface area contributed by atoms with Crippen molar-refractivity contribution in [2.24, 2.45) is 0 Å². The van der Waals surface area contributed by atoms with Crippen molar-refractivity contribution in [2.75, 3.05) is 0 Å². The summed E-state index contributed by atoms with van der Waals surface area (Å²) in [4.78, 5) is 13.5. The molecule has 30 heavy (non-hydrogen) atoms. The number of hydrogen-bond donors (Lipinski definition) is 0. The minimum absolute atomic E-state index is 0.00960. The van der Waals surface area contributed by atoms with Crippen LogP contribution in [0.25, 0.3) is 38.0 Å². The van der Waals surface area contributed by atoms with Gasteiger partial charge in [-0.05, 0) is 50.7 Å². The second kappa shape index (κ2) is 5.62. The monoisotopic (exact) mass is 395 g/mol. The first-order chi connectivity index (χ1) is 14.3. The quantitative estimate of drug-likeness (QED) is 0.310. The van der Waals surface area contributed by atoms with Gasteiger partial charge in [0.25, 0.3) is 5.56 Å². The van der Waals surface area contributed by atoms with Crippen molar-refractivity contribution in [1.29, 1.82) is 0 Å². The lowest BCUT2D eigenvalue weighted by atomic mass is 9.75. The SMILES string of the molecule is CC1(C)OB(c2ccc3c4ccccc4n4c(=O)c5ccccc5c2c34)OC1(C)C. The lowest BCUT2D eigenvalue weighted by Crippen LogP contribution is -2.41. The van der Waals surface area contributed by atoms with Gasteiger partial charge in [-0.1, -0.05) is 48.5 Å². The highest BCUT2D eigenvalue weighted by Crippen LogP contribution is 2.39. The summed E-state index contributed by atoms with van der Waals surface area (Å²) in [5.41, 5.74) is 1.97. The van der Waals surface area contributed by atoms with Crippen LogP contribution in [0.5, 0.6) is 0 Å². The van der Waals surface area contributed by atoms with Gasteiger partial charge < -0.3 is 9.31 Å². The average molecular weight is 395 g/mol. The molecule has 0 unspecified atom stereocenters. The van der Waals surface area contributed by atoms with Crippen molar-refractivity contribution >= 4 is 50.5 Å². The van der Waals surface area contributed by atoms with Crippen molar-refractivity contribution < 1.29 is 9.31 Å². The smallest absolute Gasteiger partial charge is 0.399 e. The minimum Gasteiger partial charge on any atom is -0.399 e. The van der Waals surface area contributed by atoms with Crippen molar-refractivity contribution in [2.45, 2.75) is 38.9 Å². The summed E-state index contributed by atoms with van der Waals surface area (Å²) >= 11 is 0. The third-order valence-corrected chi connectivity index (χ3v) is 7.01. The van der Waals surface area contributed by atoms with Gasteiger partial charge in [0.15, 0.2) is 0 Å². The molecule has 0 saturated carbocycles. The van der Waals surface area contributed by atoms with E-state index < -0.39 is 18.3 Å². The molecule has 6 rings (SSSR count). The zero-order valence-electron chi connectivity index (χ0n) is 17.5. The Morgan fingerprint density at radius 3 is 2.03 bits per heavy atom. The van der Waals surface area contributed by atoms with Gasteiger partial charge in [-0.25, -0.2) is 0 Å². The number of benzene rings is 3. The summed E-state index contributed by atoms with van der Waals surface area (Å²) in [6.45, 7) is 8.24. The van der Waals surface area contributed by atoms with Gasteiger partial charge in [0.2, 0.25) is 0 Å². The van der Waals surface area contributed by atoms with E-state index in [2.05, 4.69) is 45.9 Å². The Labute approximate surface area is 174 Å².